The van der Waals surface area contributed by atoms with Crippen molar-refractivity contribution in [2.75, 3.05) is 0 Å². The minimum Gasteiger partial charge on any atom is -0.350 e. The monoisotopic (exact) mass is 292 g/mol. The molecular formula is C18H16N2O2. The Kier molecular flexibility index (Phi) is 3.15. The molecule has 0 aliphatic heterocycles. The van der Waals surface area contributed by atoms with Gasteiger partial charge in [0.15, 0.2) is 0 Å². The van der Waals surface area contributed by atoms with Gasteiger partial charge in [-0.3, -0.25) is 4.79 Å². The number of aryl methyl sites for hydroxylation is 1. The van der Waals surface area contributed by atoms with Gasteiger partial charge in [0.1, 0.15) is 5.52 Å². The lowest BCUT2D eigenvalue weighted by Crippen LogP contribution is -2.38. The van der Waals surface area contributed by atoms with Gasteiger partial charge in [0.2, 0.25) is 5.76 Å². The summed E-state index contributed by atoms with van der Waals surface area (Å²) >= 11 is 0. The number of aromatic nitrogens is 1. The number of hydrogen-bond donors (Lipinski definition) is 1. The van der Waals surface area contributed by atoms with Crippen LogP contribution in [-0.2, 0) is 12.8 Å². The molecule has 0 fully saturated rings. The molecule has 0 saturated heterocycles. The number of carbonyl (C=O) groups excluding carboxylic acids is 1. The van der Waals surface area contributed by atoms with Gasteiger partial charge in [-0.05, 0) is 42.5 Å². The second kappa shape index (κ2) is 5.30. The third-order valence-corrected chi connectivity index (χ3v) is 4.27. The summed E-state index contributed by atoms with van der Waals surface area (Å²) in [7, 11) is 0. The van der Waals surface area contributed by atoms with E-state index < -0.39 is 0 Å². The summed E-state index contributed by atoms with van der Waals surface area (Å²) in [5.74, 6) is 0.118. The highest BCUT2D eigenvalue weighted by Crippen LogP contribution is 2.22. The van der Waals surface area contributed by atoms with Crippen molar-refractivity contribution >= 4 is 16.8 Å². The normalized spacial score (nSPS) is 17.2. The summed E-state index contributed by atoms with van der Waals surface area (Å²) in [6.45, 7) is 0. The van der Waals surface area contributed by atoms with Crippen LogP contribution in [-0.4, -0.2) is 17.1 Å². The molecule has 1 atom stereocenters. The van der Waals surface area contributed by atoms with Gasteiger partial charge in [0.25, 0.3) is 5.91 Å². The first-order chi connectivity index (χ1) is 10.8. The van der Waals surface area contributed by atoms with Crippen LogP contribution in [0.4, 0.5) is 0 Å². The lowest BCUT2D eigenvalue weighted by Gasteiger charge is -2.25. The van der Waals surface area contributed by atoms with Gasteiger partial charge in [0.05, 0.1) is 5.39 Å². The van der Waals surface area contributed by atoms with Crippen LogP contribution in [0.3, 0.4) is 0 Å². The molecule has 1 aliphatic carbocycles. The van der Waals surface area contributed by atoms with Crippen LogP contribution in [0.2, 0.25) is 0 Å². The molecule has 0 unspecified atom stereocenters. The fourth-order valence-corrected chi connectivity index (χ4v) is 3.12. The Balaban J connectivity index is 1.53. The van der Waals surface area contributed by atoms with Crippen molar-refractivity contribution in [3.8, 4) is 0 Å². The zero-order chi connectivity index (χ0) is 14.9. The van der Waals surface area contributed by atoms with Crippen molar-refractivity contribution < 1.29 is 9.32 Å². The number of rotatable bonds is 2. The smallest absolute Gasteiger partial charge is 0.290 e. The van der Waals surface area contributed by atoms with Crippen LogP contribution < -0.4 is 5.32 Å². The molecule has 110 valence electrons. The third-order valence-electron chi connectivity index (χ3n) is 4.27. The molecule has 0 saturated carbocycles. The number of nitrogens with one attached hydrogen (secondary N) is 1. The Morgan fingerprint density at radius 2 is 1.86 bits per heavy atom. The Labute approximate surface area is 128 Å². The van der Waals surface area contributed by atoms with E-state index in [0.29, 0.717) is 11.3 Å². The molecule has 0 spiro atoms. The van der Waals surface area contributed by atoms with Gasteiger partial charge in [-0.2, -0.15) is 0 Å². The van der Waals surface area contributed by atoms with Gasteiger partial charge in [-0.25, -0.2) is 0 Å². The average Bonchev–Trinajstić information content (AvgIpc) is 2.99. The first-order valence-electron chi connectivity index (χ1n) is 7.53. The molecule has 2 aromatic carbocycles. The summed E-state index contributed by atoms with van der Waals surface area (Å²) in [6.07, 6.45) is 2.82. The van der Waals surface area contributed by atoms with E-state index >= 15 is 0 Å². The minimum atomic E-state index is -0.182. The predicted octanol–water partition coefficient (Wildman–Crippen LogP) is 3.12. The number of hydrogen-bond acceptors (Lipinski definition) is 3. The largest absolute Gasteiger partial charge is 0.350 e. The van der Waals surface area contributed by atoms with E-state index in [0.717, 1.165) is 24.6 Å². The van der Waals surface area contributed by atoms with E-state index in [-0.39, 0.29) is 11.9 Å². The number of fused-ring (bicyclic) bond motifs is 2. The molecule has 4 rings (SSSR count). The fraction of sp³-hybridized carbons (Fsp3) is 0.222. The molecule has 0 bridgehead atoms. The highest BCUT2D eigenvalue weighted by molar-refractivity contribution is 6.03. The summed E-state index contributed by atoms with van der Waals surface area (Å²) in [5, 5.41) is 7.77. The Morgan fingerprint density at radius 1 is 1.09 bits per heavy atom. The van der Waals surface area contributed by atoms with Gasteiger partial charge >= 0.3 is 0 Å². The van der Waals surface area contributed by atoms with E-state index in [2.05, 4.69) is 28.7 Å². The van der Waals surface area contributed by atoms with Gasteiger partial charge in [0, 0.05) is 6.04 Å². The molecule has 0 radical (unpaired) electrons. The molecule has 1 N–H and O–H groups in total. The van der Waals surface area contributed by atoms with Crippen molar-refractivity contribution in [2.45, 2.75) is 25.3 Å². The van der Waals surface area contributed by atoms with E-state index in [1.54, 1.807) is 0 Å². The topological polar surface area (TPSA) is 55.1 Å². The Hall–Kier alpha value is -2.62. The molecule has 1 aromatic heterocycles. The van der Waals surface area contributed by atoms with Crippen LogP contribution >= 0.6 is 0 Å². The van der Waals surface area contributed by atoms with E-state index in [9.17, 15) is 4.79 Å². The molecule has 4 heteroatoms. The zero-order valence-electron chi connectivity index (χ0n) is 12.1. The molecule has 1 aliphatic rings. The van der Waals surface area contributed by atoms with Crippen LogP contribution in [0.1, 0.15) is 28.1 Å². The summed E-state index contributed by atoms with van der Waals surface area (Å²) < 4.78 is 5.23. The lowest BCUT2D eigenvalue weighted by atomic mass is 9.88. The highest BCUT2D eigenvalue weighted by Gasteiger charge is 2.23. The Bertz CT molecular complexity index is 838. The van der Waals surface area contributed by atoms with E-state index in [1.165, 1.54) is 11.1 Å². The zero-order valence-corrected chi connectivity index (χ0v) is 12.1. The van der Waals surface area contributed by atoms with Gasteiger partial charge in [-0.15, -0.1) is 0 Å². The summed E-state index contributed by atoms with van der Waals surface area (Å²) in [4.78, 5) is 12.5. The summed E-state index contributed by atoms with van der Waals surface area (Å²) in [5.41, 5.74) is 3.42. The van der Waals surface area contributed by atoms with Gasteiger partial charge < -0.3 is 9.84 Å². The number of carbonyl (C=O) groups is 1. The van der Waals surface area contributed by atoms with E-state index in [1.807, 2.05) is 30.3 Å². The van der Waals surface area contributed by atoms with Crippen molar-refractivity contribution in [3.63, 3.8) is 0 Å². The quantitative estimate of drug-likeness (QED) is 0.789. The molecule has 1 amide bonds. The average molecular weight is 292 g/mol. The summed E-state index contributed by atoms with van der Waals surface area (Å²) in [6, 6.07) is 16.0. The van der Waals surface area contributed by atoms with Crippen LogP contribution in [0.15, 0.2) is 53.1 Å². The van der Waals surface area contributed by atoms with Crippen LogP contribution in [0.5, 0.6) is 0 Å². The number of nitrogens with zero attached hydrogens (tertiary/aromatic N) is 1. The van der Waals surface area contributed by atoms with Crippen LogP contribution in [0, 0.1) is 0 Å². The maximum absolute atomic E-state index is 12.5. The van der Waals surface area contributed by atoms with Crippen molar-refractivity contribution in [2.24, 2.45) is 0 Å². The molecule has 3 aromatic rings. The SMILES string of the molecule is O=C(N[C@H]1CCc2ccccc2C1)c1onc2ccccc12. The van der Waals surface area contributed by atoms with Gasteiger partial charge in [-0.1, -0.05) is 41.6 Å². The lowest BCUT2D eigenvalue weighted by molar-refractivity contribution is 0.0899. The number of amides is 1. The molecule has 4 nitrogen and oxygen atoms in total. The number of benzene rings is 2. The predicted molar refractivity (Wildman–Crippen MR) is 83.7 cm³/mol. The first-order valence-corrected chi connectivity index (χ1v) is 7.53. The van der Waals surface area contributed by atoms with Crippen molar-refractivity contribution in [3.05, 3.63) is 65.4 Å². The second-order valence-corrected chi connectivity index (χ2v) is 5.71. The van der Waals surface area contributed by atoms with Crippen molar-refractivity contribution in [1.29, 1.82) is 0 Å². The standard InChI is InChI=1S/C18H16N2O2/c21-18(17-15-7-3-4-8-16(15)20-22-17)19-14-10-9-12-5-1-2-6-13(12)11-14/h1-8,14H,9-11H2,(H,19,21)/t14-/m0/s1. The molecule has 22 heavy (non-hydrogen) atoms. The van der Waals surface area contributed by atoms with Crippen LogP contribution in [0.25, 0.3) is 10.9 Å². The highest BCUT2D eigenvalue weighted by atomic mass is 16.5. The van der Waals surface area contributed by atoms with Crippen molar-refractivity contribution in [1.82, 2.24) is 10.5 Å². The molecule has 1 heterocycles. The maximum Gasteiger partial charge on any atom is 0.290 e. The van der Waals surface area contributed by atoms with E-state index in [4.69, 9.17) is 4.52 Å². The maximum atomic E-state index is 12.5. The molecular weight excluding hydrogens is 276 g/mol. The first kappa shape index (κ1) is 13.1. The fourth-order valence-electron chi connectivity index (χ4n) is 3.12. The Morgan fingerprint density at radius 3 is 2.77 bits per heavy atom. The second-order valence-electron chi connectivity index (χ2n) is 5.71. The minimum absolute atomic E-state index is 0.145. The third kappa shape index (κ3) is 2.26.